The topological polar surface area (TPSA) is 77.1 Å². The van der Waals surface area contributed by atoms with E-state index in [1.165, 1.54) is 0 Å². The van der Waals surface area contributed by atoms with Crippen molar-refractivity contribution in [2.45, 2.75) is 6.04 Å². The molecule has 1 aromatic heterocycles. The zero-order valence-electron chi connectivity index (χ0n) is 9.46. The van der Waals surface area contributed by atoms with Crippen LogP contribution in [-0.2, 0) is 4.79 Å². The van der Waals surface area contributed by atoms with Gasteiger partial charge in [-0.05, 0) is 24.3 Å². The van der Waals surface area contributed by atoms with Crippen LogP contribution in [0.25, 0.3) is 5.69 Å². The van der Waals surface area contributed by atoms with Crippen LogP contribution in [-0.4, -0.2) is 16.4 Å². The number of hydrogen-bond acceptors (Lipinski definition) is 2. The third-order valence-corrected chi connectivity index (χ3v) is 3.04. The third kappa shape index (κ3) is 1.41. The average molecular weight is 241 g/mol. The van der Waals surface area contributed by atoms with Gasteiger partial charge < -0.3 is 15.6 Å². The van der Waals surface area contributed by atoms with Crippen LogP contribution in [0.1, 0.15) is 22.1 Å². The van der Waals surface area contributed by atoms with Crippen molar-refractivity contribution in [1.82, 2.24) is 9.88 Å². The van der Waals surface area contributed by atoms with E-state index in [0.717, 1.165) is 5.69 Å². The number of primary amides is 1. The quantitative estimate of drug-likeness (QED) is 0.772. The summed E-state index contributed by atoms with van der Waals surface area (Å²) in [5.74, 6) is -0.866. The molecule has 0 saturated heterocycles. The van der Waals surface area contributed by atoms with E-state index in [1.807, 2.05) is 29.0 Å². The van der Waals surface area contributed by atoms with Gasteiger partial charge in [-0.1, -0.05) is 12.1 Å². The Balaban J connectivity index is 2.28. The molecule has 2 aromatic rings. The molecule has 90 valence electrons. The highest BCUT2D eigenvalue weighted by atomic mass is 16.2. The predicted molar refractivity (Wildman–Crippen MR) is 65.2 cm³/mol. The van der Waals surface area contributed by atoms with Gasteiger partial charge >= 0.3 is 0 Å². The molecule has 0 aliphatic carbocycles. The van der Waals surface area contributed by atoms with Gasteiger partial charge in [-0.15, -0.1) is 0 Å². The fourth-order valence-corrected chi connectivity index (χ4v) is 2.22. The third-order valence-electron chi connectivity index (χ3n) is 3.04. The summed E-state index contributed by atoms with van der Waals surface area (Å²) in [7, 11) is 0. The number of carbonyl (C=O) groups is 2. The number of aromatic nitrogens is 1. The first-order valence-electron chi connectivity index (χ1n) is 5.55. The first kappa shape index (κ1) is 10.6. The highest BCUT2D eigenvalue weighted by Crippen LogP contribution is 2.25. The van der Waals surface area contributed by atoms with Crippen LogP contribution in [0.2, 0.25) is 0 Å². The number of para-hydroxylation sites is 1. The maximum atomic E-state index is 12.1. The Morgan fingerprint density at radius 2 is 2.00 bits per heavy atom. The number of hydrogen-bond donors (Lipinski definition) is 2. The van der Waals surface area contributed by atoms with E-state index in [2.05, 4.69) is 5.32 Å². The molecule has 1 aliphatic heterocycles. The SMILES string of the molecule is NC(=O)C1NC(=O)c2ccccc2-n2cccc21. The number of nitrogens with one attached hydrogen (secondary N) is 1. The standard InChI is InChI=1S/C13H11N3O2/c14-12(17)11-10-6-3-7-16(10)9-5-2-1-4-8(9)13(18)15-11/h1-7,11H,(H2,14,17)(H,15,18). The Labute approximate surface area is 103 Å². The minimum atomic E-state index is -0.806. The van der Waals surface area contributed by atoms with E-state index in [0.29, 0.717) is 11.3 Å². The molecular formula is C13H11N3O2. The van der Waals surface area contributed by atoms with Gasteiger partial charge in [0, 0.05) is 6.20 Å². The molecule has 0 bridgehead atoms. The number of rotatable bonds is 1. The summed E-state index contributed by atoms with van der Waals surface area (Å²) in [4.78, 5) is 23.5. The van der Waals surface area contributed by atoms with Crippen molar-refractivity contribution in [3.63, 3.8) is 0 Å². The van der Waals surface area contributed by atoms with Crippen LogP contribution >= 0.6 is 0 Å². The molecule has 1 aromatic carbocycles. The van der Waals surface area contributed by atoms with Gasteiger partial charge in [0.05, 0.1) is 16.9 Å². The van der Waals surface area contributed by atoms with Crippen LogP contribution in [0.4, 0.5) is 0 Å². The minimum Gasteiger partial charge on any atom is -0.368 e. The van der Waals surface area contributed by atoms with E-state index in [1.54, 1.807) is 18.2 Å². The maximum absolute atomic E-state index is 12.1. The summed E-state index contributed by atoms with van der Waals surface area (Å²) in [5.41, 5.74) is 7.28. The van der Waals surface area contributed by atoms with Crippen molar-refractivity contribution >= 4 is 11.8 Å². The summed E-state index contributed by atoms with van der Waals surface area (Å²) in [6, 6.07) is 9.98. The lowest BCUT2D eigenvalue weighted by Crippen LogP contribution is -2.36. The molecular weight excluding hydrogens is 230 g/mol. The second kappa shape index (κ2) is 3.73. The average Bonchev–Trinajstić information content (AvgIpc) is 2.80. The van der Waals surface area contributed by atoms with Gasteiger partial charge in [-0.25, -0.2) is 0 Å². The van der Waals surface area contributed by atoms with Gasteiger partial charge in [0.15, 0.2) is 0 Å². The highest BCUT2D eigenvalue weighted by molar-refractivity contribution is 6.01. The molecule has 3 rings (SSSR count). The molecule has 3 N–H and O–H groups in total. The molecule has 2 amide bonds. The lowest BCUT2D eigenvalue weighted by Gasteiger charge is -2.13. The number of nitrogens with zero attached hydrogens (tertiary/aromatic N) is 1. The summed E-state index contributed by atoms with van der Waals surface area (Å²) in [5, 5.41) is 2.64. The van der Waals surface area contributed by atoms with E-state index >= 15 is 0 Å². The van der Waals surface area contributed by atoms with E-state index < -0.39 is 11.9 Å². The van der Waals surface area contributed by atoms with Crippen molar-refractivity contribution < 1.29 is 9.59 Å². The van der Waals surface area contributed by atoms with Crippen molar-refractivity contribution in [3.05, 3.63) is 53.9 Å². The van der Waals surface area contributed by atoms with Crippen molar-refractivity contribution in [2.75, 3.05) is 0 Å². The predicted octanol–water partition coefficient (Wildman–Crippen LogP) is 0.747. The van der Waals surface area contributed by atoms with Crippen molar-refractivity contribution in [3.8, 4) is 5.69 Å². The lowest BCUT2D eigenvalue weighted by atomic mass is 10.1. The molecule has 1 atom stereocenters. The Hall–Kier alpha value is -2.56. The molecule has 5 heteroatoms. The summed E-state index contributed by atoms with van der Waals surface area (Å²) >= 11 is 0. The zero-order valence-corrected chi connectivity index (χ0v) is 9.46. The fraction of sp³-hybridized carbons (Fsp3) is 0.0769. The Morgan fingerprint density at radius 3 is 2.78 bits per heavy atom. The summed E-state index contributed by atoms with van der Waals surface area (Å²) < 4.78 is 1.81. The largest absolute Gasteiger partial charge is 0.368 e. The Kier molecular flexibility index (Phi) is 2.19. The first-order chi connectivity index (χ1) is 8.68. The van der Waals surface area contributed by atoms with E-state index in [-0.39, 0.29) is 5.91 Å². The molecule has 2 heterocycles. The van der Waals surface area contributed by atoms with Crippen LogP contribution in [0, 0.1) is 0 Å². The molecule has 1 unspecified atom stereocenters. The van der Waals surface area contributed by atoms with Gasteiger partial charge in [0.1, 0.15) is 6.04 Å². The fourth-order valence-electron chi connectivity index (χ4n) is 2.22. The number of amides is 2. The van der Waals surface area contributed by atoms with Crippen LogP contribution < -0.4 is 11.1 Å². The van der Waals surface area contributed by atoms with Gasteiger partial charge in [-0.3, -0.25) is 9.59 Å². The monoisotopic (exact) mass is 241 g/mol. The van der Waals surface area contributed by atoms with Crippen LogP contribution in [0.5, 0.6) is 0 Å². The molecule has 0 radical (unpaired) electrons. The molecule has 0 saturated carbocycles. The van der Waals surface area contributed by atoms with Gasteiger partial charge in [0.2, 0.25) is 5.91 Å². The number of benzene rings is 1. The number of nitrogens with two attached hydrogens (primary N) is 1. The lowest BCUT2D eigenvalue weighted by molar-refractivity contribution is -0.120. The maximum Gasteiger partial charge on any atom is 0.254 e. The molecule has 18 heavy (non-hydrogen) atoms. The normalized spacial score (nSPS) is 17.3. The second-order valence-electron chi connectivity index (χ2n) is 4.13. The minimum absolute atomic E-state index is 0.293. The summed E-state index contributed by atoms with van der Waals surface area (Å²) in [6.07, 6.45) is 1.81. The van der Waals surface area contributed by atoms with Crippen LogP contribution in [0.15, 0.2) is 42.6 Å². The van der Waals surface area contributed by atoms with E-state index in [4.69, 9.17) is 5.73 Å². The smallest absolute Gasteiger partial charge is 0.254 e. The van der Waals surface area contributed by atoms with Crippen molar-refractivity contribution in [1.29, 1.82) is 0 Å². The molecule has 1 aliphatic rings. The molecule has 0 fully saturated rings. The summed E-state index contributed by atoms with van der Waals surface area (Å²) in [6.45, 7) is 0. The first-order valence-corrected chi connectivity index (χ1v) is 5.55. The van der Waals surface area contributed by atoms with Crippen molar-refractivity contribution in [2.24, 2.45) is 5.73 Å². The molecule has 5 nitrogen and oxygen atoms in total. The van der Waals surface area contributed by atoms with E-state index in [9.17, 15) is 9.59 Å². The second-order valence-corrected chi connectivity index (χ2v) is 4.13. The Bertz CT molecular complexity index is 645. The van der Waals surface area contributed by atoms with Gasteiger partial charge in [0.25, 0.3) is 5.91 Å². The van der Waals surface area contributed by atoms with Gasteiger partial charge in [-0.2, -0.15) is 0 Å². The zero-order chi connectivity index (χ0) is 12.7. The molecule has 0 spiro atoms. The number of carbonyl (C=O) groups excluding carboxylic acids is 2. The highest BCUT2D eigenvalue weighted by Gasteiger charge is 2.29. The number of fused-ring (bicyclic) bond motifs is 3. The Morgan fingerprint density at radius 1 is 1.22 bits per heavy atom. The van der Waals surface area contributed by atoms with Crippen LogP contribution in [0.3, 0.4) is 0 Å².